The number of fused-ring (bicyclic) bond motifs is 2. The van der Waals surface area contributed by atoms with Crippen molar-refractivity contribution in [3.63, 3.8) is 0 Å². The molecule has 2 aliphatic heterocycles. The Morgan fingerprint density at radius 3 is 2.36 bits per heavy atom. The molecule has 0 radical (unpaired) electrons. The number of ether oxygens (including phenoxy) is 1. The average Bonchev–Trinajstić information content (AvgIpc) is 3.44. The largest absolute Gasteiger partial charge is 0.496 e. The Morgan fingerprint density at radius 2 is 1.64 bits per heavy atom. The van der Waals surface area contributed by atoms with Crippen LogP contribution in [0.5, 0.6) is 5.75 Å². The Kier molecular flexibility index (Phi) is 7.62. The molecule has 0 bridgehead atoms. The molecular weight excluding hydrogens is 615 g/mol. The molecule has 3 aromatic carbocycles. The van der Waals surface area contributed by atoms with E-state index in [-0.39, 0.29) is 6.54 Å². The maximum Gasteiger partial charge on any atom is 0.418 e. The maximum absolute atomic E-state index is 14.1. The van der Waals surface area contributed by atoms with E-state index in [0.717, 1.165) is 40.8 Å². The Bertz CT molecular complexity index is 1870. The van der Waals surface area contributed by atoms with Crippen molar-refractivity contribution in [3.8, 4) is 5.75 Å². The molecule has 3 atom stereocenters. The number of alkyl halides is 3. The van der Waals surface area contributed by atoms with Gasteiger partial charge in [0.2, 0.25) is 17.7 Å². The Balaban J connectivity index is 1.46. The number of nitrogens with zero attached hydrogens (tertiary/aromatic N) is 2. The van der Waals surface area contributed by atoms with E-state index in [1.54, 1.807) is 36.4 Å². The van der Waals surface area contributed by atoms with Crippen molar-refractivity contribution in [2.45, 2.75) is 35.8 Å². The zero-order valence-electron chi connectivity index (χ0n) is 23.3. The molecule has 4 aromatic rings. The van der Waals surface area contributed by atoms with Crippen molar-refractivity contribution in [3.05, 3.63) is 104 Å². The molecular formula is C31H24F3N3O5S2. The Labute approximate surface area is 257 Å². The molecule has 1 saturated heterocycles. The van der Waals surface area contributed by atoms with Crippen LogP contribution in [0.15, 0.2) is 82.6 Å². The highest BCUT2D eigenvalue weighted by Crippen LogP contribution is 2.55. The summed E-state index contributed by atoms with van der Waals surface area (Å²) < 4.78 is 48.8. The van der Waals surface area contributed by atoms with Gasteiger partial charge in [-0.3, -0.25) is 23.7 Å². The van der Waals surface area contributed by atoms with E-state index in [4.69, 9.17) is 4.74 Å². The van der Waals surface area contributed by atoms with E-state index in [2.05, 4.69) is 5.32 Å². The first kappa shape index (κ1) is 29.7. The van der Waals surface area contributed by atoms with Crippen molar-refractivity contribution < 1.29 is 32.3 Å². The van der Waals surface area contributed by atoms with Gasteiger partial charge in [-0.05, 0) is 36.8 Å². The highest BCUT2D eigenvalue weighted by molar-refractivity contribution is 8.00. The fourth-order valence-corrected chi connectivity index (χ4v) is 8.47. The average molecular weight is 640 g/mol. The van der Waals surface area contributed by atoms with Crippen LogP contribution in [0.25, 0.3) is 0 Å². The molecule has 1 N–H and O–H groups in total. The monoisotopic (exact) mass is 639 g/mol. The number of imide groups is 1. The van der Waals surface area contributed by atoms with Crippen LogP contribution in [-0.4, -0.2) is 34.6 Å². The van der Waals surface area contributed by atoms with Gasteiger partial charge in [-0.2, -0.15) is 13.2 Å². The molecule has 1 fully saturated rings. The zero-order chi connectivity index (χ0) is 31.3. The van der Waals surface area contributed by atoms with Gasteiger partial charge < -0.3 is 10.1 Å². The SMILES string of the molecule is COc1ccccc1[C@@H]1c2sc(=O)n(CC(=O)Nc3ccccc3C)c2S[C@H]2C(=O)N(c3ccccc3C(F)(F)F)C(=O)[C@@H]12. The molecule has 0 unspecified atom stereocenters. The lowest BCUT2D eigenvalue weighted by Gasteiger charge is -2.31. The molecule has 1 aromatic heterocycles. The van der Waals surface area contributed by atoms with E-state index < -0.39 is 57.1 Å². The summed E-state index contributed by atoms with van der Waals surface area (Å²) in [5.41, 5.74) is 0.227. The van der Waals surface area contributed by atoms with Gasteiger partial charge in [-0.25, -0.2) is 4.90 Å². The summed E-state index contributed by atoms with van der Waals surface area (Å²) in [5, 5.41) is 1.94. The van der Waals surface area contributed by atoms with Gasteiger partial charge in [0.15, 0.2) is 0 Å². The number of carbonyl (C=O) groups is 3. The lowest BCUT2D eigenvalue weighted by Crippen LogP contribution is -2.33. The predicted molar refractivity (Wildman–Crippen MR) is 160 cm³/mol. The van der Waals surface area contributed by atoms with Gasteiger partial charge in [0.05, 0.1) is 29.3 Å². The van der Waals surface area contributed by atoms with Gasteiger partial charge >= 0.3 is 11.0 Å². The number of benzene rings is 3. The number of aryl methyl sites for hydroxylation is 1. The lowest BCUT2D eigenvalue weighted by molar-refractivity contribution is -0.137. The quantitative estimate of drug-likeness (QED) is 0.273. The predicted octanol–water partition coefficient (Wildman–Crippen LogP) is 5.68. The molecule has 0 aliphatic carbocycles. The maximum atomic E-state index is 14.1. The topological polar surface area (TPSA) is 97.7 Å². The number of hydrogen-bond donors (Lipinski definition) is 1. The molecule has 8 nitrogen and oxygen atoms in total. The second-order valence-electron chi connectivity index (χ2n) is 10.3. The van der Waals surface area contributed by atoms with Crippen molar-refractivity contribution in [2.75, 3.05) is 17.3 Å². The van der Waals surface area contributed by atoms with E-state index in [1.807, 2.05) is 19.1 Å². The lowest BCUT2D eigenvalue weighted by atomic mass is 9.82. The number of amides is 3. The molecule has 6 rings (SSSR count). The number of aromatic nitrogens is 1. The smallest absolute Gasteiger partial charge is 0.418 e. The summed E-state index contributed by atoms with van der Waals surface area (Å²) in [5.74, 6) is -3.77. The highest BCUT2D eigenvalue weighted by atomic mass is 32.2. The van der Waals surface area contributed by atoms with E-state index in [9.17, 15) is 32.3 Å². The van der Waals surface area contributed by atoms with Gasteiger partial charge in [0, 0.05) is 22.0 Å². The molecule has 226 valence electrons. The minimum absolute atomic E-state index is 0.309. The summed E-state index contributed by atoms with van der Waals surface area (Å²) in [7, 11) is 1.44. The highest BCUT2D eigenvalue weighted by Gasteiger charge is 2.58. The summed E-state index contributed by atoms with van der Waals surface area (Å²) in [4.78, 5) is 55.0. The first-order valence-corrected chi connectivity index (χ1v) is 15.1. The minimum Gasteiger partial charge on any atom is -0.496 e. The zero-order valence-corrected chi connectivity index (χ0v) is 24.9. The number of thiazole rings is 1. The summed E-state index contributed by atoms with van der Waals surface area (Å²) >= 11 is 1.76. The number of thioether (sulfide) groups is 1. The van der Waals surface area contributed by atoms with Crippen molar-refractivity contribution in [1.29, 1.82) is 0 Å². The standard InChI is InChI=1S/C31H24F3N3O5S2/c1-16-9-3-6-12-19(16)35-22(38)15-36-29-26(44-30(36)41)23(17-10-4-8-14-21(17)42-2)24-25(43-29)28(40)37(27(24)39)20-13-7-5-11-18(20)31(32,33)34/h3-14,23-25H,15H2,1-2H3,(H,35,38)/t23-,24-,25+/m0/s1. The number of hydrogen-bond acceptors (Lipinski definition) is 7. The Morgan fingerprint density at radius 1 is 0.955 bits per heavy atom. The van der Waals surface area contributed by atoms with Crippen LogP contribution in [0.3, 0.4) is 0 Å². The molecule has 0 spiro atoms. The van der Waals surface area contributed by atoms with E-state index in [0.29, 0.717) is 31.8 Å². The third kappa shape index (κ3) is 4.99. The van der Waals surface area contributed by atoms with Crippen LogP contribution >= 0.6 is 23.1 Å². The number of para-hydroxylation sites is 3. The molecule has 0 saturated carbocycles. The third-order valence-corrected chi connectivity index (χ3v) is 10.3. The molecule has 2 aliphatic rings. The molecule has 3 amide bonds. The van der Waals surface area contributed by atoms with Gasteiger partial charge in [-0.1, -0.05) is 71.6 Å². The summed E-state index contributed by atoms with van der Waals surface area (Å²) in [6.45, 7) is 1.46. The fourth-order valence-electron chi connectivity index (χ4n) is 5.71. The number of methoxy groups -OCH3 is 1. The fraction of sp³-hybridized carbons (Fsp3) is 0.226. The van der Waals surface area contributed by atoms with Crippen LogP contribution in [0.1, 0.15) is 27.5 Å². The second kappa shape index (κ2) is 11.3. The van der Waals surface area contributed by atoms with Crippen molar-refractivity contribution in [1.82, 2.24) is 4.57 Å². The first-order valence-electron chi connectivity index (χ1n) is 13.4. The normalized spacial score (nSPS) is 19.5. The molecule has 44 heavy (non-hydrogen) atoms. The molecule has 13 heteroatoms. The van der Waals surface area contributed by atoms with Gasteiger partial charge in [0.25, 0.3) is 0 Å². The van der Waals surface area contributed by atoms with Crippen LogP contribution < -0.4 is 19.8 Å². The van der Waals surface area contributed by atoms with Crippen LogP contribution in [0, 0.1) is 12.8 Å². The van der Waals surface area contributed by atoms with Gasteiger partial charge in [-0.15, -0.1) is 0 Å². The number of nitrogens with one attached hydrogen (secondary N) is 1. The third-order valence-electron chi connectivity index (χ3n) is 7.69. The Hall–Kier alpha value is -4.36. The number of carbonyl (C=O) groups excluding carboxylic acids is 3. The van der Waals surface area contributed by atoms with Gasteiger partial charge in [0.1, 0.15) is 17.5 Å². The number of halogens is 3. The van der Waals surface area contributed by atoms with Crippen LogP contribution in [0.2, 0.25) is 0 Å². The second-order valence-corrected chi connectivity index (χ2v) is 12.4. The van der Waals surface area contributed by atoms with Crippen LogP contribution in [0.4, 0.5) is 24.5 Å². The number of anilines is 2. The summed E-state index contributed by atoms with van der Waals surface area (Å²) in [6, 6.07) is 18.4. The van der Waals surface area contributed by atoms with E-state index in [1.165, 1.54) is 23.8 Å². The number of rotatable bonds is 6. The van der Waals surface area contributed by atoms with E-state index >= 15 is 0 Å². The van der Waals surface area contributed by atoms with Crippen molar-refractivity contribution >= 4 is 52.2 Å². The van der Waals surface area contributed by atoms with Crippen LogP contribution in [-0.2, 0) is 27.1 Å². The minimum atomic E-state index is -4.82. The first-order chi connectivity index (χ1) is 21.0. The molecule has 3 heterocycles. The van der Waals surface area contributed by atoms with Crippen molar-refractivity contribution in [2.24, 2.45) is 5.92 Å². The summed E-state index contributed by atoms with van der Waals surface area (Å²) in [6.07, 6.45) is -4.82.